The zero-order valence-electron chi connectivity index (χ0n) is 30.7. The topological polar surface area (TPSA) is 186 Å². The van der Waals surface area contributed by atoms with Crippen molar-refractivity contribution in [2.45, 2.75) is 75.8 Å². The zero-order chi connectivity index (χ0) is 39.1. The van der Waals surface area contributed by atoms with Gasteiger partial charge in [-0.2, -0.15) is 0 Å². The van der Waals surface area contributed by atoms with Gasteiger partial charge in [0.1, 0.15) is 17.8 Å². The normalized spacial score (nSPS) is 16.7. The molecule has 292 valence electrons. The van der Waals surface area contributed by atoms with Crippen LogP contribution in [0.5, 0.6) is 5.75 Å². The van der Waals surface area contributed by atoms with Crippen LogP contribution in [0.15, 0.2) is 78.9 Å². The van der Waals surface area contributed by atoms with Gasteiger partial charge in [0.15, 0.2) is 0 Å². The van der Waals surface area contributed by atoms with Crippen molar-refractivity contribution in [2.75, 3.05) is 33.0 Å². The molecule has 0 radical (unpaired) electrons. The van der Waals surface area contributed by atoms with Gasteiger partial charge >= 0.3 is 0 Å². The number of ketones is 1. The van der Waals surface area contributed by atoms with Crippen LogP contribution >= 0.6 is 11.6 Å². The van der Waals surface area contributed by atoms with E-state index in [-0.39, 0.29) is 39.0 Å². The van der Waals surface area contributed by atoms with Crippen LogP contribution in [-0.4, -0.2) is 94.1 Å². The summed E-state index contributed by atoms with van der Waals surface area (Å²) in [6.45, 7) is 0.720. The third-order valence-corrected chi connectivity index (χ3v) is 10.1. The van der Waals surface area contributed by atoms with E-state index in [4.69, 9.17) is 26.8 Å². The van der Waals surface area contributed by atoms with Crippen molar-refractivity contribution in [1.82, 2.24) is 20.3 Å². The van der Waals surface area contributed by atoms with Crippen LogP contribution in [0.2, 0.25) is 5.02 Å². The van der Waals surface area contributed by atoms with Crippen LogP contribution in [0.4, 0.5) is 0 Å². The summed E-state index contributed by atoms with van der Waals surface area (Å²) in [5.41, 5.74) is 8.37. The first-order chi connectivity index (χ1) is 25.9. The number of carbonyl (C=O) groups is 4. The Morgan fingerprint density at radius 1 is 0.889 bits per heavy atom. The van der Waals surface area contributed by atoms with Gasteiger partial charge in [0.2, 0.25) is 27.6 Å². The van der Waals surface area contributed by atoms with Crippen LogP contribution in [-0.2, 0) is 53.4 Å². The average Bonchev–Trinajstić information content (AvgIpc) is 3.60. The molecule has 13 nitrogen and oxygen atoms in total. The number of likely N-dealkylation sites (tertiary alicyclic amines) is 1. The minimum atomic E-state index is -3.83. The van der Waals surface area contributed by atoms with E-state index in [2.05, 4.69) is 15.4 Å². The SMILES string of the molecule is COc1ccc(CCNC(=O)C(=O)[C@H](CCCCN)NC(=O)[C@@H]2C[C@@H](OCc3ccc(Cl)cc3)CN2C(=O)[C@@H](CCc2ccccc2)NS(C)(=O)=O)cc1. The van der Waals surface area contributed by atoms with Crippen LogP contribution in [0.3, 0.4) is 0 Å². The molecule has 1 heterocycles. The second kappa shape index (κ2) is 20.9. The highest BCUT2D eigenvalue weighted by Crippen LogP contribution is 2.25. The predicted octanol–water partition coefficient (Wildman–Crippen LogP) is 2.93. The number of rotatable bonds is 21. The molecular weight excluding hydrogens is 734 g/mol. The number of ether oxygens (including phenoxy) is 2. The molecule has 0 saturated carbocycles. The lowest BCUT2D eigenvalue weighted by atomic mass is 10.0. The Balaban J connectivity index is 1.51. The number of nitrogens with one attached hydrogen (secondary N) is 3. The van der Waals surface area contributed by atoms with E-state index >= 15 is 0 Å². The number of hydrogen-bond donors (Lipinski definition) is 4. The van der Waals surface area contributed by atoms with Crippen molar-refractivity contribution in [3.63, 3.8) is 0 Å². The second-order valence-electron chi connectivity index (χ2n) is 13.3. The van der Waals surface area contributed by atoms with E-state index in [1.165, 1.54) is 4.90 Å². The molecule has 1 aliphatic heterocycles. The van der Waals surface area contributed by atoms with Gasteiger partial charge in [0, 0.05) is 24.5 Å². The molecule has 0 bridgehead atoms. The molecule has 1 fully saturated rings. The molecule has 0 aromatic heterocycles. The fourth-order valence-corrected chi connectivity index (χ4v) is 7.10. The van der Waals surface area contributed by atoms with Gasteiger partial charge in [-0.3, -0.25) is 19.2 Å². The predicted molar refractivity (Wildman–Crippen MR) is 206 cm³/mol. The van der Waals surface area contributed by atoms with E-state index in [1.54, 1.807) is 43.5 Å². The zero-order valence-corrected chi connectivity index (χ0v) is 32.2. The summed E-state index contributed by atoms with van der Waals surface area (Å²) in [6.07, 6.45) is 2.63. The number of nitrogens with zero attached hydrogens (tertiary/aromatic N) is 1. The third kappa shape index (κ3) is 13.5. The smallest absolute Gasteiger partial charge is 0.289 e. The number of Topliss-reactive ketones (excluding diaryl/α,β-unsaturated/α-hetero) is 1. The van der Waals surface area contributed by atoms with Crippen molar-refractivity contribution in [3.05, 3.63) is 101 Å². The molecule has 3 aromatic rings. The Kier molecular flexibility index (Phi) is 16.4. The summed E-state index contributed by atoms with van der Waals surface area (Å²) in [7, 11) is -2.26. The van der Waals surface area contributed by atoms with Gasteiger partial charge in [0.05, 0.1) is 32.1 Å². The van der Waals surface area contributed by atoms with Crippen molar-refractivity contribution in [2.24, 2.45) is 5.73 Å². The molecule has 4 rings (SSSR count). The number of methoxy groups -OCH3 is 1. The number of nitrogens with two attached hydrogens (primary N) is 1. The Hall–Kier alpha value is -4.34. The fourth-order valence-electron chi connectivity index (χ4n) is 6.24. The number of amides is 3. The summed E-state index contributed by atoms with van der Waals surface area (Å²) in [5, 5.41) is 5.96. The minimum Gasteiger partial charge on any atom is -0.497 e. The Labute approximate surface area is 322 Å². The monoisotopic (exact) mass is 783 g/mol. The van der Waals surface area contributed by atoms with Gasteiger partial charge < -0.3 is 30.7 Å². The van der Waals surface area contributed by atoms with Crippen molar-refractivity contribution in [1.29, 1.82) is 0 Å². The van der Waals surface area contributed by atoms with Gasteiger partial charge in [-0.25, -0.2) is 13.1 Å². The van der Waals surface area contributed by atoms with Gasteiger partial charge in [0.25, 0.3) is 5.91 Å². The molecule has 1 aliphatic rings. The summed E-state index contributed by atoms with van der Waals surface area (Å²) < 4.78 is 38.7. The molecule has 3 aromatic carbocycles. The van der Waals surface area contributed by atoms with E-state index in [9.17, 15) is 27.6 Å². The van der Waals surface area contributed by atoms with Crippen LogP contribution in [0, 0.1) is 0 Å². The Morgan fingerprint density at radius 3 is 2.20 bits per heavy atom. The molecule has 4 atom stereocenters. The van der Waals surface area contributed by atoms with Gasteiger partial charge in [-0.1, -0.05) is 66.2 Å². The summed E-state index contributed by atoms with van der Waals surface area (Å²) in [6, 6.07) is 20.3. The standard InChI is InChI=1S/C39H50ClN5O8S/c1-52-31-18-13-28(14-19-31)21-23-42-38(48)36(46)33(10-6-7-22-41)43-37(47)35-24-32(53-26-29-11-16-30(40)17-12-29)25-45(35)39(49)34(44-54(2,50)51)20-15-27-8-4-3-5-9-27/h3-5,8-9,11-14,16-19,32-35,44H,6-7,10,15,20-26,41H2,1-2H3,(H,42,48)(H,43,47)/t32-,33+,34-,35+/m1/s1. The maximum absolute atomic E-state index is 14.2. The van der Waals surface area contributed by atoms with Crippen LogP contribution in [0.25, 0.3) is 0 Å². The van der Waals surface area contributed by atoms with Crippen molar-refractivity contribution in [3.8, 4) is 5.75 Å². The van der Waals surface area contributed by atoms with E-state index < -0.39 is 57.8 Å². The lowest BCUT2D eigenvalue weighted by molar-refractivity contribution is -0.142. The van der Waals surface area contributed by atoms with Gasteiger partial charge in [-0.05, 0) is 86.0 Å². The lowest BCUT2D eigenvalue weighted by Gasteiger charge is -2.29. The highest BCUT2D eigenvalue weighted by atomic mass is 35.5. The highest BCUT2D eigenvalue weighted by molar-refractivity contribution is 7.88. The number of hydrogen-bond acceptors (Lipinski definition) is 9. The number of benzene rings is 3. The first-order valence-corrected chi connectivity index (χ1v) is 20.3. The lowest BCUT2D eigenvalue weighted by Crippen LogP contribution is -2.56. The molecular formula is C39H50ClN5O8S. The quantitative estimate of drug-likeness (QED) is 0.0932. The van der Waals surface area contributed by atoms with Crippen LogP contribution in [0.1, 0.15) is 48.8 Å². The average molecular weight is 784 g/mol. The minimum absolute atomic E-state index is 0.00454. The number of halogens is 1. The van der Waals surface area contributed by atoms with E-state index in [1.807, 2.05) is 42.5 Å². The number of carbonyl (C=O) groups excluding carboxylic acids is 4. The first-order valence-electron chi connectivity index (χ1n) is 18.0. The number of unbranched alkanes of at least 4 members (excludes halogenated alkanes) is 1. The molecule has 5 N–H and O–H groups in total. The number of sulfonamides is 1. The van der Waals surface area contributed by atoms with Crippen LogP contribution < -0.4 is 25.8 Å². The Morgan fingerprint density at radius 2 is 1.56 bits per heavy atom. The van der Waals surface area contributed by atoms with E-state index in [0.29, 0.717) is 43.0 Å². The molecule has 54 heavy (non-hydrogen) atoms. The Bertz CT molecular complexity index is 1800. The summed E-state index contributed by atoms with van der Waals surface area (Å²) >= 11 is 6.03. The highest BCUT2D eigenvalue weighted by Gasteiger charge is 2.43. The molecule has 0 spiro atoms. The first kappa shape index (κ1) is 42.4. The maximum Gasteiger partial charge on any atom is 0.289 e. The molecule has 1 saturated heterocycles. The maximum atomic E-state index is 14.2. The number of aryl methyl sites for hydroxylation is 1. The fraction of sp³-hybridized carbons (Fsp3) is 0.436. The van der Waals surface area contributed by atoms with Gasteiger partial charge in [-0.15, -0.1) is 0 Å². The largest absolute Gasteiger partial charge is 0.497 e. The van der Waals surface area contributed by atoms with E-state index in [0.717, 1.165) is 22.9 Å². The molecule has 0 aliphatic carbocycles. The molecule has 0 unspecified atom stereocenters. The molecule has 3 amide bonds. The second-order valence-corrected chi connectivity index (χ2v) is 15.5. The summed E-state index contributed by atoms with van der Waals surface area (Å²) in [5.74, 6) is -2.22. The van der Waals surface area contributed by atoms with Crippen molar-refractivity contribution < 1.29 is 37.1 Å². The van der Waals surface area contributed by atoms with Crippen molar-refractivity contribution >= 4 is 45.1 Å². The summed E-state index contributed by atoms with van der Waals surface area (Å²) in [4.78, 5) is 56.2. The molecule has 15 heteroatoms. The third-order valence-electron chi connectivity index (χ3n) is 9.13.